The second kappa shape index (κ2) is 10.4. The number of amides is 2. The van der Waals surface area contributed by atoms with Crippen LogP contribution >= 0.6 is 0 Å². The average Bonchev–Trinajstić information content (AvgIpc) is 2.99. The Morgan fingerprint density at radius 2 is 1.41 bits per heavy atom. The number of carbonyl (C=O) groups excluding carboxylic acids is 2. The fourth-order valence-electron chi connectivity index (χ4n) is 3.69. The Morgan fingerprint density at radius 1 is 0.778 bits per heavy atom. The zero-order valence-corrected chi connectivity index (χ0v) is 16.1. The van der Waals surface area contributed by atoms with Gasteiger partial charge >= 0.3 is 0 Å². The predicted molar refractivity (Wildman–Crippen MR) is 104 cm³/mol. The van der Waals surface area contributed by atoms with Gasteiger partial charge in [-0.2, -0.15) is 0 Å². The van der Waals surface area contributed by atoms with Crippen molar-refractivity contribution >= 4 is 11.8 Å². The van der Waals surface area contributed by atoms with Crippen LogP contribution in [0, 0.1) is 0 Å². The molecule has 2 aliphatic rings. The van der Waals surface area contributed by atoms with E-state index in [1.54, 1.807) is 0 Å². The number of benzene rings is 1. The highest BCUT2D eigenvalue weighted by Gasteiger charge is 2.24. The van der Waals surface area contributed by atoms with E-state index in [0.717, 1.165) is 44.6 Å². The van der Waals surface area contributed by atoms with Crippen molar-refractivity contribution in [2.45, 2.75) is 32.3 Å². The van der Waals surface area contributed by atoms with E-state index in [4.69, 9.17) is 4.74 Å². The minimum atomic E-state index is 0.0319. The Hall–Kier alpha value is -1.92. The topological polar surface area (TPSA) is 53.1 Å². The Balaban J connectivity index is 1.34. The summed E-state index contributed by atoms with van der Waals surface area (Å²) >= 11 is 0. The van der Waals surface area contributed by atoms with Crippen molar-refractivity contribution in [3.63, 3.8) is 0 Å². The second-order valence-electron chi connectivity index (χ2n) is 7.43. The minimum absolute atomic E-state index is 0.0319. The van der Waals surface area contributed by atoms with Crippen LogP contribution in [0.25, 0.3) is 0 Å². The number of nitrogens with zero attached hydrogens (tertiary/aromatic N) is 3. The van der Waals surface area contributed by atoms with Gasteiger partial charge in [0.05, 0.1) is 13.2 Å². The Morgan fingerprint density at radius 3 is 2.07 bits per heavy atom. The molecular formula is C21H31N3O3. The number of hydrogen-bond donors (Lipinski definition) is 0. The Bertz CT molecular complexity index is 592. The summed E-state index contributed by atoms with van der Waals surface area (Å²) in [6, 6.07) is 9.88. The van der Waals surface area contributed by atoms with Crippen molar-refractivity contribution in [1.82, 2.24) is 14.7 Å². The molecule has 0 radical (unpaired) electrons. The van der Waals surface area contributed by atoms with Gasteiger partial charge in [0.15, 0.2) is 0 Å². The lowest BCUT2D eigenvalue weighted by molar-refractivity contribution is -0.139. The van der Waals surface area contributed by atoms with Gasteiger partial charge in [-0.05, 0) is 18.4 Å². The lowest BCUT2D eigenvalue weighted by atomic mass is 10.2. The summed E-state index contributed by atoms with van der Waals surface area (Å²) < 4.78 is 5.55. The summed E-state index contributed by atoms with van der Waals surface area (Å²) in [5.41, 5.74) is 1.07. The summed E-state index contributed by atoms with van der Waals surface area (Å²) in [4.78, 5) is 30.8. The number of hydrogen-bond acceptors (Lipinski definition) is 4. The summed E-state index contributed by atoms with van der Waals surface area (Å²) in [7, 11) is 0. The van der Waals surface area contributed by atoms with Crippen molar-refractivity contribution in [2.75, 3.05) is 52.4 Å². The standard InChI is InChI=1S/C21H31N3O3/c25-20(23-10-6-1-2-7-11-23)16-22-12-14-24(15-13-22)21(26)18-27-17-19-8-4-3-5-9-19/h3-5,8-9H,1-2,6-7,10-18H2. The van der Waals surface area contributed by atoms with Gasteiger partial charge in [0.25, 0.3) is 0 Å². The van der Waals surface area contributed by atoms with Gasteiger partial charge in [0.2, 0.25) is 11.8 Å². The monoisotopic (exact) mass is 373 g/mol. The van der Waals surface area contributed by atoms with Crippen LogP contribution < -0.4 is 0 Å². The molecule has 0 saturated carbocycles. The minimum Gasteiger partial charge on any atom is -0.367 e. The van der Waals surface area contributed by atoms with Crippen LogP contribution in [0.15, 0.2) is 30.3 Å². The van der Waals surface area contributed by atoms with Crippen LogP contribution in [-0.4, -0.2) is 78.9 Å². The first-order chi connectivity index (χ1) is 13.2. The summed E-state index contributed by atoms with van der Waals surface area (Å²) in [5.74, 6) is 0.271. The normalized spacial score (nSPS) is 19.0. The highest BCUT2D eigenvalue weighted by atomic mass is 16.5. The molecule has 0 spiro atoms. The lowest BCUT2D eigenvalue weighted by Gasteiger charge is -2.35. The highest BCUT2D eigenvalue weighted by Crippen LogP contribution is 2.11. The third-order valence-electron chi connectivity index (χ3n) is 5.38. The maximum Gasteiger partial charge on any atom is 0.248 e. The van der Waals surface area contributed by atoms with E-state index in [-0.39, 0.29) is 18.4 Å². The molecule has 6 nitrogen and oxygen atoms in total. The summed E-state index contributed by atoms with van der Waals surface area (Å²) in [6.07, 6.45) is 4.71. The van der Waals surface area contributed by atoms with Gasteiger partial charge in [-0.25, -0.2) is 0 Å². The van der Waals surface area contributed by atoms with Crippen molar-refractivity contribution in [3.05, 3.63) is 35.9 Å². The lowest BCUT2D eigenvalue weighted by Crippen LogP contribution is -2.52. The third kappa shape index (κ3) is 6.33. The maximum atomic E-state index is 12.5. The molecule has 0 aliphatic carbocycles. The van der Waals surface area contributed by atoms with Gasteiger partial charge in [-0.15, -0.1) is 0 Å². The summed E-state index contributed by atoms with van der Waals surface area (Å²) in [5, 5.41) is 0. The molecule has 148 valence electrons. The third-order valence-corrected chi connectivity index (χ3v) is 5.38. The second-order valence-corrected chi connectivity index (χ2v) is 7.43. The van der Waals surface area contributed by atoms with Gasteiger partial charge in [-0.3, -0.25) is 14.5 Å². The van der Waals surface area contributed by atoms with Crippen LogP contribution in [0.3, 0.4) is 0 Å². The molecule has 0 bridgehead atoms. The van der Waals surface area contributed by atoms with Gasteiger partial charge in [0, 0.05) is 39.3 Å². The van der Waals surface area contributed by atoms with Crippen LogP contribution in [0.1, 0.15) is 31.2 Å². The SMILES string of the molecule is O=C(COCc1ccccc1)N1CCN(CC(=O)N2CCCCCC2)CC1. The quantitative estimate of drug-likeness (QED) is 0.762. The van der Waals surface area contributed by atoms with Crippen LogP contribution in [0.5, 0.6) is 0 Å². The van der Waals surface area contributed by atoms with E-state index in [9.17, 15) is 9.59 Å². The molecule has 2 amide bonds. The zero-order chi connectivity index (χ0) is 18.9. The molecule has 0 atom stereocenters. The van der Waals surface area contributed by atoms with Crippen LogP contribution in [0.2, 0.25) is 0 Å². The van der Waals surface area contributed by atoms with Crippen LogP contribution in [-0.2, 0) is 20.9 Å². The van der Waals surface area contributed by atoms with Crippen molar-refractivity contribution in [1.29, 1.82) is 0 Å². The van der Waals surface area contributed by atoms with Gasteiger partial charge < -0.3 is 14.5 Å². The molecule has 1 aromatic rings. The number of ether oxygens (including phenoxy) is 1. The largest absolute Gasteiger partial charge is 0.367 e. The molecule has 0 aromatic heterocycles. The van der Waals surface area contributed by atoms with E-state index in [2.05, 4.69) is 4.90 Å². The van der Waals surface area contributed by atoms with Crippen molar-refractivity contribution < 1.29 is 14.3 Å². The molecule has 2 saturated heterocycles. The first-order valence-electron chi connectivity index (χ1n) is 10.1. The van der Waals surface area contributed by atoms with E-state index >= 15 is 0 Å². The molecule has 3 rings (SSSR count). The first-order valence-corrected chi connectivity index (χ1v) is 10.1. The van der Waals surface area contributed by atoms with Gasteiger partial charge in [-0.1, -0.05) is 43.2 Å². The number of piperazine rings is 1. The molecule has 1 aromatic carbocycles. The van der Waals surface area contributed by atoms with Crippen molar-refractivity contribution in [2.24, 2.45) is 0 Å². The molecular weight excluding hydrogens is 342 g/mol. The number of carbonyl (C=O) groups is 2. The van der Waals surface area contributed by atoms with Gasteiger partial charge in [0.1, 0.15) is 6.61 Å². The Labute approximate surface area is 162 Å². The van der Waals surface area contributed by atoms with E-state index in [0.29, 0.717) is 26.2 Å². The van der Waals surface area contributed by atoms with Crippen molar-refractivity contribution in [3.8, 4) is 0 Å². The fraction of sp³-hybridized carbons (Fsp3) is 0.619. The molecule has 2 heterocycles. The highest BCUT2D eigenvalue weighted by molar-refractivity contribution is 5.79. The predicted octanol–water partition coefficient (Wildman–Crippen LogP) is 1.75. The van der Waals surface area contributed by atoms with E-state index < -0.39 is 0 Å². The van der Waals surface area contributed by atoms with Crippen LogP contribution in [0.4, 0.5) is 0 Å². The smallest absolute Gasteiger partial charge is 0.248 e. The average molecular weight is 373 g/mol. The molecule has 27 heavy (non-hydrogen) atoms. The molecule has 2 fully saturated rings. The molecule has 0 unspecified atom stereocenters. The number of rotatable bonds is 6. The molecule has 2 aliphatic heterocycles. The molecule has 0 N–H and O–H groups in total. The van der Waals surface area contributed by atoms with E-state index in [1.807, 2.05) is 40.1 Å². The first kappa shape index (κ1) is 19.8. The Kier molecular flexibility index (Phi) is 7.66. The maximum absolute atomic E-state index is 12.5. The van der Waals surface area contributed by atoms with E-state index in [1.165, 1.54) is 12.8 Å². The number of likely N-dealkylation sites (tertiary alicyclic amines) is 1. The summed E-state index contributed by atoms with van der Waals surface area (Å²) in [6.45, 7) is 5.69. The molecule has 6 heteroatoms. The fourth-order valence-corrected chi connectivity index (χ4v) is 3.69. The zero-order valence-electron chi connectivity index (χ0n) is 16.1.